The molecule has 1 amide bonds. The number of aromatic nitrogens is 3. The average Bonchev–Trinajstić information content (AvgIpc) is 3.50. The van der Waals surface area contributed by atoms with Gasteiger partial charge in [-0.3, -0.25) is 4.79 Å². The summed E-state index contributed by atoms with van der Waals surface area (Å²) in [6, 6.07) is 21.4. The normalized spacial score (nSPS) is 12.9. The van der Waals surface area contributed by atoms with Crippen LogP contribution in [-0.4, -0.2) is 49.6 Å². The van der Waals surface area contributed by atoms with Crippen molar-refractivity contribution in [2.75, 3.05) is 13.2 Å². The van der Waals surface area contributed by atoms with Gasteiger partial charge in [0.2, 0.25) is 5.91 Å². The Bertz CT molecular complexity index is 1710. The van der Waals surface area contributed by atoms with Gasteiger partial charge in [0.05, 0.1) is 25.2 Å². The summed E-state index contributed by atoms with van der Waals surface area (Å²) >= 11 is 1.70. The second-order valence-corrected chi connectivity index (χ2v) is 10.9. The summed E-state index contributed by atoms with van der Waals surface area (Å²) in [6.45, 7) is 3.41. The molecule has 0 bridgehead atoms. The smallest absolute Gasteiger partial charge is 0.341 e. The Balaban J connectivity index is 1.26. The molecule has 0 spiro atoms. The van der Waals surface area contributed by atoms with E-state index in [4.69, 9.17) is 19.8 Å². The van der Waals surface area contributed by atoms with E-state index in [0.717, 1.165) is 45.0 Å². The van der Waals surface area contributed by atoms with Crippen molar-refractivity contribution in [3.05, 3.63) is 100 Å². The molecule has 0 fully saturated rings. The van der Waals surface area contributed by atoms with E-state index in [2.05, 4.69) is 22.8 Å². The molecule has 4 heterocycles. The van der Waals surface area contributed by atoms with Crippen LogP contribution in [0, 0.1) is 6.92 Å². The Labute approximate surface area is 235 Å². The number of thiazole rings is 1. The molecule has 40 heavy (non-hydrogen) atoms. The Morgan fingerprint density at radius 3 is 2.75 bits per heavy atom. The van der Waals surface area contributed by atoms with Gasteiger partial charge in [0.25, 0.3) is 0 Å². The van der Waals surface area contributed by atoms with Gasteiger partial charge in [0, 0.05) is 34.3 Å². The maximum absolute atomic E-state index is 13.4. The number of pyridine rings is 1. The molecule has 1 aliphatic rings. The molecule has 202 valence electrons. The highest BCUT2D eigenvalue weighted by Crippen LogP contribution is 2.34. The Morgan fingerprint density at radius 2 is 1.93 bits per heavy atom. The lowest BCUT2D eigenvalue weighted by Crippen LogP contribution is -2.37. The number of hydrogen-bond donors (Lipinski definition) is 1. The maximum Gasteiger partial charge on any atom is 0.341 e. The minimum Gasteiger partial charge on any atom is -0.482 e. The fourth-order valence-corrected chi connectivity index (χ4v) is 6.30. The number of fused-ring (bicyclic) bond motifs is 3. The van der Waals surface area contributed by atoms with Crippen LogP contribution in [0.25, 0.3) is 21.6 Å². The number of ether oxygens (including phenoxy) is 1. The third-order valence-corrected chi connectivity index (χ3v) is 8.39. The molecule has 8 nitrogen and oxygen atoms in total. The van der Waals surface area contributed by atoms with Crippen molar-refractivity contribution >= 4 is 34.2 Å². The lowest BCUT2D eigenvalue weighted by molar-refractivity contribution is -0.139. The Morgan fingerprint density at radius 1 is 1.07 bits per heavy atom. The van der Waals surface area contributed by atoms with Crippen molar-refractivity contribution in [1.29, 1.82) is 0 Å². The molecule has 5 aromatic rings. The van der Waals surface area contributed by atoms with Gasteiger partial charge in [0.15, 0.2) is 6.61 Å². The zero-order valence-corrected chi connectivity index (χ0v) is 22.9. The number of carbonyl (C=O) groups is 2. The zero-order valence-electron chi connectivity index (χ0n) is 22.0. The molecule has 9 heteroatoms. The first kappa shape index (κ1) is 25.8. The summed E-state index contributed by atoms with van der Waals surface area (Å²) in [5, 5.41) is 11.0. The number of nitrogens with zero attached hydrogens (tertiary/aromatic N) is 4. The van der Waals surface area contributed by atoms with E-state index in [0.29, 0.717) is 25.4 Å². The number of aryl methyl sites for hydroxylation is 1. The van der Waals surface area contributed by atoms with Gasteiger partial charge in [0.1, 0.15) is 16.4 Å². The van der Waals surface area contributed by atoms with Crippen LogP contribution in [0.4, 0.5) is 0 Å². The van der Waals surface area contributed by atoms with Crippen LogP contribution in [0.15, 0.2) is 72.9 Å². The molecule has 0 radical (unpaired) electrons. The summed E-state index contributed by atoms with van der Waals surface area (Å²) in [7, 11) is 0. The molecule has 0 atom stereocenters. The third kappa shape index (κ3) is 5.20. The monoisotopic (exact) mass is 552 g/mol. The number of carboxylic acids is 1. The number of carbonyl (C=O) groups excluding carboxylic acids is 1. The van der Waals surface area contributed by atoms with Crippen molar-refractivity contribution in [1.82, 2.24) is 19.4 Å². The predicted molar refractivity (Wildman–Crippen MR) is 154 cm³/mol. The van der Waals surface area contributed by atoms with Gasteiger partial charge in [-0.25, -0.2) is 14.8 Å². The fourth-order valence-electron chi connectivity index (χ4n) is 5.24. The van der Waals surface area contributed by atoms with Crippen LogP contribution < -0.4 is 4.74 Å². The van der Waals surface area contributed by atoms with E-state index >= 15 is 0 Å². The summed E-state index contributed by atoms with van der Waals surface area (Å²) in [5.74, 6) is -0.582. The predicted octanol–water partition coefficient (Wildman–Crippen LogP) is 5.11. The number of amides is 1. The van der Waals surface area contributed by atoms with Crippen molar-refractivity contribution in [3.63, 3.8) is 0 Å². The lowest BCUT2D eigenvalue weighted by atomic mass is 10.0. The molecule has 6 rings (SSSR count). The van der Waals surface area contributed by atoms with Crippen molar-refractivity contribution in [2.45, 2.75) is 32.9 Å². The number of hydrogen-bond acceptors (Lipinski definition) is 6. The maximum atomic E-state index is 13.4. The van der Waals surface area contributed by atoms with Crippen LogP contribution in [0.2, 0.25) is 0 Å². The first-order chi connectivity index (χ1) is 19.5. The second kappa shape index (κ2) is 10.9. The molecule has 1 aliphatic heterocycles. The van der Waals surface area contributed by atoms with Gasteiger partial charge < -0.3 is 19.3 Å². The fraction of sp³-hybridized carbons (Fsp3) is 0.226. The van der Waals surface area contributed by atoms with E-state index in [9.17, 15) is 9.59 Å². The van der Waals surface area contributed by atoms with Gasteiger partial charge in [-0.05, 0) is 48.7 Å². The van der Waals surface area contributed by atoms with E-state index in [1.165, 1.54) is 10.4 Å². The molecule has 2 aromatic carbocycles. The van der Waals surface area contributed by atoms with Crippen LogP contribution >= 0.6 is 11.3 Å². The highest BCUT2D eigenvalue weighted by molar-refractivity contribution is 7.15. The number of benzene rings is 2. The summed E-state index contributed by atoms with van der Waals surface area (Å²) < 4.78 is 7.54. The van der Waals surface area contributed by atoms with Crippen LogP contribution in [0.5, 0.6) is 5.75 Å². The van der Waals surface area contributed by atoms with Crippen LogP contribution in [-0.2, 0) is 35.5 Å². The number of aliphatic carboxylic acids is 1. The third-order valence-electron chi connectivity index (χ3n) is 7.20. The first-order valence-electron chi connectivity index (χ1n) is 13.1. The van der Waals surface area contributed by atoms with Crippen molar-refractivity contribution in [2.24, 2.45) is 0 Å². The van der Waals surface area contributed by atoms with Crippen LogP contribution in [0.1, 0.15) is 27.4 Å². The summed E-state index contributed by atoms with van der Waals surface area (Å²) in [6.07, 6.45) is 2.79. The standard InChI is InChI=1S/C31H28N4O4S/c1-20-27(40-31(33-20)22-8-3-2-4-9-22)18-35-26-17-34(14-12-24(26)25-11-6-13-32-30(25)35)28(36)16-21-7-5-10-23(15-21)39-19-29(37)38/h2-11,13,15H,12,14,16-19H2,1H3,(H,37,38). The van der Waals surface area contributed by atoms with Gasteiger partial charge in [-0.1, -0.05) is 42.5 Å². The summed E-state index contributed by atoms with van der Waals surface area (Å²) in [4.78, 5) is 36.9. The Hall–Kier alpha value is -4.50. The topological polar surface area (TPSA) is 97.5 Å². The minimum absolute atomic E-state index is 0.0196. The van der Waals surface area contributed by atoms with E-state index in [-0.39, 0.29) is 12.3 Å². The SMILES string of the molecule is Cc1nc(-c2ccccc2)sc1Cn1c2c(c3cccnc31)CCN(C(=O)Cc1cccc(OCC(=O)O)c1)C2. The number of carboxylic acid groups (broad SMARTS) is 1. The summed E-state index contributed by atoms with van der Waals surface area (Å²) in [5.41, 5.74) is 6.19. The van der Waals surface area contributed by atoms with Crippen LogP contribution in [0.3, 0.4) is 0 Å². The molecule has 0 saturated carbocycles. The molecule has 0 unspecified atom stereocenters. The van der Waals surface area contributed by atoms with Crippen molar-refractivity contribution < 1.29 is 19.4 Å². The van der Waals surface area contributed by atoms with E-state index in [1.807, 2.05) is 48.4 Å². The lowest BCUT2D eigenvalue weighted by Gasteiger charge is -2.28. The van der Waals surface area contributed by atoms with Gasteiger partial charge in [-0.2, -0.15) is 0 Å². The highest BCUT2D eigenvalue weighted by Gasteiger charge is 2.28. The zero-order chi connectivity index (χ0) is 27.6. The molecular formula is C31H28N4O4S. The molecule has 3 aromatic heterocycles. The number of rotatable bonds is 8. The van der Waals surface area contributed by atoms with Crippen molar-refractivity contribution in [3.8, 4) is 16.3 Å². The molecule has 0 aliphatic carbocycles. The largest absolute Gasteiger partial charge is 0.482 e. The quantitative estimate of drug-likeness (QED) is 0.287. The van der Waals surface area contributed by atoms with E-state index < -0.39 is 12.6 Å². The van der Waals surface area contributed by atoms with Gasteiger partial charge in [-0.15, -0.1) is 11.3 Å². The Kier molecular flexibility index (Phi) is 7.04. The highest BCUT2D eigenvalue weighted by atomic mass is 32.1. The minimum atomic E-state index is -1.04. The molecule has 1 N–H and O–H groups in total. The molecule has 0 saturated heterocycles. The second-order valence-electron chi connectivity index (χ2n) is 9.85. The van der Waals surface area contributed by atoms with E-state index in [1.54, 1.807) is 29.5 Å². The average molecular weight is 553 g/mol. The van der Waals surface area contributed by atoms with Gasteiger partial charge >= 0.3 is 5.97 Å². The molecular weight excluding hydrogens is 524 g/mol. The first-order valence-corrected chi connectivity index (χ1v) is 14.0.